The second-order valence-electron chi connectivity index (χ2n) is 6.64. The van der Waals surface area contributed by atoms with E-state index >= 15 is 0 Å². The van der Waals surface area contributed by atoms with Gasteiger partial charge in [0.1, 0.15) is 10.6 Å². The van der Waals surface area contributed by atoms with Gasteiger partial charge >= 0.3 is 0 Å². The number of ether oxygens (including phenoxy) is 2. The summed E-state index contributed by atoms with van der Waals surface area (Å²) in [6.07, 6.45) is 0. The van der Waals surface area contributed by atoms with Crippen LogP contribution in [0.5, 0.6) is 11.5 Å². The smallest absolute Gasteiger partial charge is 0.225 e. The van der Waals surface area contributed by atoms with Crippen LogP contribution in [0.4, 0.5) is 5.82 Å². The van der Waals surface area contributed by atoms with E-state index in [1.165, 1.54) is 0 Å². The Balaban J connectivity index is 1.81. The standard InChI is InChI=1S/C20H23ClN4O2S/c1-4-24-7-9-25(10-8-24)18-17-14(12-28-19(17)23-20(21)22-18)13-5-6-15(26-2)16(11-13)27-3/h5-6,11-12H,4,7-10H2,1-3H3. The second-order valence-corrected chi connectivity index (χ2v) is 7.83. The van der Waals surface area contributed by atoms with E-state index in [0.29, 0.717) is 16.8 Å². The number of rotatable bonds is 5. The van der Waals surface area contributed by atoms with Gasteiger partial charge in [0.2, 0.25) is 5.28 Å². The number of halogens is 1. The fraction of sp³-hybridized carbons (Fsp3) is 0.400. The third-order valence-corrected chi connectivity index (χ3v) is 6.24. The number of hydrogen-bond donors (Lipinski definition) is 0. The maximum Gasteiger partial charge on any atom is 0.225 e. The van der Waals surface area contributed by atoms with E-state index in [1.54, 1.807) is 25.6 Å². The summed E-state index contributed by atoms with van der Waals surface area (Å²) < 4.78 is 10.9. The molecule has 2 aromatic heterocycles. The molecule has 4 rings (SSSR count). The summed E-state index contributed by atoms with van der Waals surface area (Å²) >= 11 is 7.84. The van der Waals surface area contributed by atoms with Gasteiger partial charge < -0.3 is 19.3 Å². The molecule has 0 atom stereocenters. The number of likely N-dealkylation sites (N-methyl/N-ethyl adjacent to an activating group) is 1. The minimum absolute atomic E-state index is 0.293. The summed E-state index contributed by atoms with van der Waals surface area (Å²) in [5.41, 5.74) is 2.13. The lowest BCUT2D eigenvalue weighted by molar-refractivity contribution is 0.271. The van der Waals surface area contributed by atoms with E-state index in [-0.39, 0.29) is 0 Å². The molecule has 0 radical (unpaired) electrons. The summed E-state index contributed by atoms with van der Waals surface area (Å²) in [5.74, 6) is 2.32. The number of thiophene rings is 1. The van der Waals surface area contributed by atoms with Crippen LogP contribution >= 0.6 is 22.9 Å². The monoisotopic (exact) mass is 418 g/mol. The summed E-state index contributed by atoms with van der Waals surface area (Å²) in [4.78, 5) is 14.8. The molecule has 0 amide bonds. The fourth-order valence-corrected chi connectivity index (χ4v) is 4.78. The van der Waals surface area contributed by atoms with Gasteiger partial charge in [-0.05, 0) is 35.8 Å². The SMILES string of the molecule is CCN1CCN(c2nc(Cl)nc3scc(-c4ccc(OC)c(OC)c4)c23)CC1. The lowest BCUT2D eigenvalue weighted by atomic mass is 10.0. The Morgan fingerprint density at radius 3 is 2.50 bits per heavy atom. The molecule has 1 aromatic carbocycles. The van der Waals surface area contributed by atoms with E-state index < -0.39 is 0 Å². The van der Waals surface area contributed by atoms with Gasteiger partial charge in [-0.3, -0.25) is 0 Å². The van der Waals surface area contributed by atoms with Crippen LogP contribution < -0.4 is 14.4 Å². The van der Waals surface area contributed by atoms with Gasteiger partial charge in [-0.25, -0.2) is 4.98 Å². The number of nitrogens with zero attached hydrogens (tertiary/aromatic N) is 4. The average molecular weight is 419 g/mol. The summed E-state index contributed by atoms with van der Waals surface area (Å²) in [6, 6.07) is 5.96. The Hall–Kier alpha value is -2.09. The van der Waals surface area contributed by atoms with Crippen molar-refractivity contribution in [2.75, 3.05) is 51.8 Å². The normalized spacial score (nSPS) is 15.2. The van der Waals surface area contributed by atoms with Crippen LogP contribution in [0.1, 0.15) is 6.92 Å². The van der Waals surface area contributed by atoms with Crippen molar-refractivity contribution in [3.8, 4) is 22.6 Å². The van der Waals surface area contributed by atoms with E-state index in [4.69, 9.17) is 21.1 Å². The highest BCUT2D eigenvalue weighted by Gasteiger charge is 2.23. The molecular formula is C20H23ClN4O2S. The first-order valence-electron chi connectivity index (χ1n) is 9.29. The number of aromatic nitrogens is 2. The molecule has 3 aromatic rings. The number of piperazine rings is 1. The molecule has 28 heavy (non-hydrogen) atoms. The van der Waals surface area contributed by atoms with Crippen LogP contribution in [0.25, 0.3) is 21.3 Å². The van der Waals surface area contributed by atoms with Crippen molar-refractivity contribution >= 4 is 39.0 Å². The molecule has 8 heteroatoms. The van der Waals surface area contributed by atoms with Gasteiger partial charge in [-0.1, -0.05) is 13.0 Å². The minimum atomic E-state index is 0.293. The van der Waals surface area contributed by atoms with Crippen molar-refractivity contribution in [1.29, 1.82) is 0 Å². The predicted octanol–water partition coefficient (Wildman–Crippen LogP) is 4.17. The second kappa shape index (κ2) is 8.11. The highest BCUT2D eigenvalue weighted by Crippen LogP contribution is 2.41. The van der Waals surface area contributed by atoms with Gasteiger partial charge in [-0.15, -0.1) is 11.3 Å². The number of methoxy groups -OCH3 is 2. The predicted molar refractivity (Wildman–Crippen MR) is 115 cm³/mol. The molecule has 1 aliphatic heterocycles. The highest BCUT2D eigenvalue weighted by atomic mass is 35.5. The third-order valence-electron chi connectivity index (χ3n) is 5.20. The lowest BCUT2D eigenvalue weighted by Gasteiger charge is -2.35. The molecule has 1 fully saturated rings. The van der Waals surface area contributed by atoms with Crippen molar-refractivity contribution in [1.82, 2.24) is 14.9 Å². The first-order chi connectivity index (χ1) is 13.6. The third kappa shape index (κ3) is 3.50. The average Bonchev–Trinajstić information content (AvgIpc) is 3.16. The highest BCUT2D eigenvalue weighted by molar-refractivity contribution is 7.17. The van der Waals surface area contributed by atoms with E-state index in [2.05, 4.69) is 32.1 Å². The van der Waals surface area contributed by atoms with Gasteiger partial charge in [0.05, 0.1) is 19.6 Å². The lowest BCUT2D eigenvalue weighted by Crippen LogP contribution is -2.46. The number of anilines is 1. The topological polar surface area (TPSA) is 50.7 Å². The Morgan fingerprint density at radius 2 is 1.82 bits per heavy atom. The molecule has 0 N–H and O–H groups in total. The van der Waals surface area contributed by atoms with E-state index in [1.807, 2.05) is 18.2 Å². The van der Waals surface area contributed by atoms with Crippen LogP contribution in [-0.2, 0) is 0 Å². The van der Waals surface area contributed by atoms with Crippen LogP contribution in [-0.4, -0.2) is 61.8 Å². The van der Waals surface area contributed by atoms with Crippen molar-refractivity contribution in [3.63, 3.8) is 0 Å². The van der Waals surface area contributed by atoms with Crippen molar-refractivity contribution in [2.24, 2.45) is 0 Å². The summed E-state index contributed by atoms with van der Waals surface area (Å²) in [7, 11) is 3.29. The molecular weight excluding hydrogens is 396 g/mol. The number of fused-ring (bicyclic) bond motifs is 1. The zero-order chi connectivity index (χ0) is 19.7. The fourth-order valence-electron chi connectivity index (χ4n) is 3.62. The molecule has 6 nitrogen and oxygen atoms in total. The van der Waals surface area contributed by atoms with Crippen molar-refractivity contribution in [2.45, 2.75) is 6.92 Å². The molecule has 0 aliphatic carbocycles. The van der Waals surface area contributed by atoms with E-state index in [0.717, 1.165) is 59.9 Å². The summed E-state index contributed by atoms with van der Waals surface area (Å²) in [5, 5.41) is 3.45. The van der Waals surface area contributed by atoms with Gasteiger partial charge in [0, 0.05) is 37.1 Å². The van der Waals surface area contributed by atoms with Crippen LogP contribution in [0.15, 0.2) is 23.6 Å². The van der Waals surface area contributed by atoms with Crippen LogP contribution in [0.3, 0.4) is 0 Å². The first kappa shape index (κ1) is 19.2. The molecule has 0 saturated carbocycles. The summed E-state index contributed by atoms with van der Waals surface area (Å²) in [6.45, 7) is 7.17. The van der Waals surface area contributed by atoms with Gasteiger partial charge in [0.25, 0.3) is 0 Å². The molecule has 0 spiro atoms. The molecule has 3 heterocycles. The number of benzene rings is 1. The maximum atomic E-state index is 6.25. The Kier molecular flexibility index (Phi) is 5.57. The van der Waals surface area contributed by atoms with E-state index in [9.17, 15) is 0 Å². The largest absolute Gasteiger partial charge is 0.493 e. The molecule has 0 bridgehead atoms. The van der Waals surface area contributed by atoms with Gasteiger partial charge in [-0.2, -0.15) is 4.98 Å². The maximum absolute atomic E-state index is 6.25. The van der Waals surface area contributed by atoms with Crippen LogP contribution in [0.2, 0.25) is 5.28 Å². The number of hydrogen-bond acceptors (Lipinski definition) is 7. The van der Waals surface area contributed by atoms with Crippen molar-refractivity contribution in [3.05, 3.63) is 28.9 Å². The molecule has 148 valence electrons. The Labute approximate surface area is 173 Å². The molecule has 0 unspecified atom stereocenters. The van der Waals surface area contributed by atoms with Crippen molar-refractivity contribution < 1.29 is 9.47 Å². The van der Waals surface area contributed by atoms with Crippen LogP contribution in [0, 0.1) is 0 Å². The minimum Gasteiger partial charge on any atom is -0.493 e. The van der Waals surface area contributed by atoms with Gasteiger partial charge in [0.15, 0.2) is 11.5 Å². The Bertz CT molecular complexity index is 986. The zero-order valence-electron chi connectivity index (χ0n) is 16.2. The Morgan fingerprint density at radius 1 is 1.07 bits per heavy atom. The quantitative estimate of drug-likeness (QED) is 0.579. The molecule has 1 saturated heterocycles. The molecule has 1 aliphatic rings. The zero-order valence-corrected chi connectivity index (χ0v) is 17.8. The first-order valence-corrected chi connectivity index (χ1v) is 10.5.